The molecule has 0 fully saturated rings. The van der Waals surface area contributed by atoms with E-state index in [-0.39, 0.29) is 11.4 Å². The Hall–Kier alpha value is -3.68. The average molecular weight is 356 g/mol. The maximum absolute atomic E-state index is 11.8. The van der Waals surface area contributed by atoms with Crippen LogP contribution < -0.4 is 10.1 Å². The van der Waals surface area contributed by atoms with E-state index in [0.717, 1.165) is 5.56 Å². The van der Waals surface area contributed by atoms with Crippen LogP contribution in [0.5, 0.6) is 5.75 Å². The van der Waals surface area contributed by atoms with E-state index in [1.54, 1.807) is 24.3 Å². The van der Waals surface area contributed by atoms with Crippen LogP contribution in [-0.2, 0) is 14.3 Å². The third kappa shape index (κ3) is 5.75. The molecule has 0 atom stereocenters. The molecule has 8 heteroatoms. The zero-order chi connectivity index (χ0) is 18.9. The number of hydrogen-bond donors (Lipinski definition) is 1. The Bertz CT molecular complexity index is 847. The lowest BCUT2D eigenvalue weighted by Gasteiger charge is -2.05. The third-order valence-electron chi connectivity index (χ3n) is 3.19. The smallest absolute Gasteiger partial charge is 0.331 e. The summed E-state index contributed by atoms with van der Waals surface area (Å²) in [5, 5.41) is 13.1. The summed E-state index contributed by atoms with van der Waals surface area (Å²) in [6.07, 6.45) is 2.72. The number of hydrogen-bond acceptors (Lipinski definition) is 6. The van der Waals surface area contributed by atoms with Gasteiger partial charge in [-0.3, -0.25) is 14.9 Å². The van der Waals surface area contributed by atoms with Crippen LogP contribution in [0, 0.1) is 10.1 Å². The van der Waals surface area contributed by atoms with Crippen molar-refractivity contribution in [3.8, 4) is 5.75 Å². The van der Waals surface area contributed by atoms with Gasteiger partial charge in [-0.15, -0.1) is 0 Å². The summed E-state index contributed by atoms with van der Waals surface area (Å²) in [6, 6.07) is 12.5. The number of methoxy groups -OCH3 is 1. The number of esters is 1. The number of non-ortho nitro benzene ring substituents is 1. The Kier molecular flexibility index (Phi) is 6.44. The number of nitrogens with zero attached hydrogens (tertiary/aromatic N) is 1. The van der Waals surface area contributed by atoms with E-state index < -0.39 is 23.4 Å². The van der Waals surface area contributed by atoms with Gasteiger partial charge in [-0.1, -0.05) is 18.2 Å². The fourth-order valence-electron chi connectivity index (χ4n) is 1.99. The second kappa shape index (κ2) is 8.97. The zero-order valence-electron chi connectivity index (χ0n) is 13.9. The minimum Gasteiger partial charge on any atom is -0.497 e. The third-order valence-corrected chi connectivity index (χ3v) is 3.19. The van der Waals surface area contributed by atoms with Crippen molar-refractivity contribution in [2.45, 2.75) is 0 Å². The maximum atomic E-state index is 11.8. The number of nitrogens with one attached hydrogen (secondary N) is 1. The van der Waals surface area contributed by atoms with Crippen molar-refractivity contribution in [1.82, 2.24) is 0 Å². The van der Waals surface area contributed by atoms with Crippen LogP contribution in [0.4, 0.5) is 11.4 Å². The maximum Gasteiger partial charge on any atom is 0.331 e. The fraction of sp³-hybridized carbons (Fsp3) is 0.111. The number of carbonyl (C=O) groups is 2. The molecule has 1 amide bonds. The zero-order valence-corrected chi connectivity index (χ0v) is 13.9. The predicted molar refractivity (Wildman–Crippen MR) is 94.7 cm³/mol. The molecule has 1 N–H and O–H groups in total. The quantitative estimate of drug-likeness (QED) is 0.354. The van der Waals surface area contributed by atoms with Crippen molar-refractivity contribution in [2.24, 2.45) is 0 Å². The van der Waals surface area contributed by atoms with Gasteiger partial charge in [-0.25, -0.2) is 4.79 Å². The standard InChI is InChI=1S/C18H16N2O6/c1-25-16-7-2-4-13(10-16)8-9-18(22)26-12-17(21)19-14-5-3-6-15(11-14)20(23)24/h2-11H,12H2,1H3,(H,19,21)/b9-8+. The molecule has 0 saturated carbocycles. The van der Waals surface area contributed by atoms with Crippen molar-refractivity contribution >= 4 is 29.3 Å². The van der Waals surface area contributed by atoms with E-state index in [1.807, 2.05) is 0 Å². The van der Waals surface area contributed by atoms with E-state index in [9.17, 15) is 19.7 Å². The van der Waals surface area contributed by atoms with Gasteiger partial charge in [-0.2, -0.15) is 0 Å². The number of amides is 1. The first kappa shape index (κ1) is 18.7. The topological polar surface area (TPSA) is 108 Å². The molecule has 0 heterocycles. The molecule has 0 saturated heterocycles. The van der Waals surface area contributed by atoms with E-state index >= 15 is 0 Å². The number of nitro groups is 1. The molecule has 2 aromatic carbocycles. The molecular formula is C18H16N2O6. The Balaban J connectivity index is 1.84. The Labute approximate surface area is 149 Å². The van der Waals surface area contributed by atoms with Crippen molar-refractivity contribution in [3.63, 3.8) is 0 Å². The number of nitro benzene ring substituents is 1. The van der Waals surface area contributed by atoms with Crippen molar-refractivity contribution < 1.29 is 24.0 Å². The second-order valence-electron chi connectivity index (χ2n) is 5.07. The van der Waals surface area contributed by atoms with Crippen molar-refractivity contribution in [3.05, 3.63) is 70.3 Å². The van der Waals surface area contributed by atoms with Crippen LogP contribution in [0.3, 0.4) is 0 Å². The lowest BCUT2D eigenvalue weighted by molar-refractivity contribution is -0.384. The van der Waals surface area contributed by atoms with E-state index in [1.165, 1.54) is 43.5 Å². The summed E-state index contributed by atoms with van der Waals surface area (Å²) in [7, 11) is 1.54. The molecule has 0 aliphatic rings. The molecule has 8 nitrogen and oxygen atoms in total. The summed E-state index contributed by atoms with van der Waals surface area (Å²) >= 11 is 0. The van der Waals surface area contributed by atoms with Crippen molar-refractivity contribution in [2.75, 3.05) is 19.0 Å². The van der Waals surface area contributed by atoms with Gasteiger partial charge in [-0.05, 0) is 29.8 Å². The molecule has 0 bridgehead atoms. The van der Waals surface area contributed by atoms with Gasteiger partial charge in [0.25, 0.3) is 11.6 Å². The van der Waals surface area contributed by atoms with E-state index in [2.05, 4.69) is 5.32 Å². The highest BCUT2D eigenvalue weighted by molar-refractivity contribution is 5.94. The minimum absolute atomic E-state index is 0.152. The highest BCUT2D eigenvalue weighted by Gasteiger charge is 2.09. The van der Waals surface area contributed by atoms with Gasteiger partial charge in [0.2, 0.25) is 0 Å². The first-order valence-corrected chi connectivity index (χ1v) is 7.51. The van der Waals surface area contributed by atoms with Crippen LogP contribution in [0.2, 0.25) is 0 Å². The van der Waals surface area contributed by atoms with Gasteiger partial charge in [0.1, 0.15) is 5.75 Å². The SMILES string of the molecule is COc1cccc(/C=C/C(=O)OCC(=O)Nc2cccc([N+](=O)[O-])c2)c1. The van der Waals surface area contributed by atoms with Crippen LogP contribution in [0.25, 0.3) is 6.08 Å². The lowest BCUT2D eigenvalue weighted by atomic mass is 10.2. The van der Waals surface area contributed by atoms with Gasteiger partial charge < -0.3 is 14.8 Å². The molecule has 0 aliphatic carbocycles. The second-order valence-corrected chi connectivity index (χ2v) is 5.07. The Morgan fingerprint density at radius 3 is 2.69 bits per heavy atom. The highest BCUT2D eigenvalue weighted by Crippen LogP contribution is 2.17. The first-order valence-electron chi connectivity index (χ1n) is 7.51. The Morgan fingerprint density at radius 1 is 1.19 bits per heavy atom. The normalized spacial score (nSPS) is 10.3. The summed E-state index contributed by atoms with van der Waals surface area (Å²) in [5.74, 6) is -0.646. The van der Waals surface area contributed by atoms with Crippen LogP contribution in [0.15, 0.2) is 54.6 Å². The number of carbonyl (C=O) groups excluding carboxylic acids is 2. The molecule has 0 aromatic heterocycles. The number of rotatable bonds is 7. The minimum atomic E-state index is -0.693. The largest absolute Gasteiger partial charge is 0.497 e. The summed E-state index contributed by atoms with van der Waals surface area (Å²) < 4.78 is 9.90. The van der Waals surface area contributed by atoms with Gasteiger partial charge in [0, 0.05) is 23.9 Å². The van der Waals surface area contributed by atoms with Crippen LogP contribution in [-0.4, -0.2) is 30.5 Å². The summed E-state index contributed by atoms with van der Waals surface area (Å²) in [4.78, 5) is 33.5. The van der Waals surface area contributed by atoms with Crippen molar-refractivity contribution in [1.29, 1.82) is 0 Å². The molecule has 0 spiro atoms. The molecule has 26 heavy (non-hydrogen) atoms. The lowest BCUT2D eigenvalue weighted by Crippen LogP contribution is -2.20. The predicted octanol–water partition coefficient (Wildman–Crippen LogP) is 2.80. The molecule has 0 radical (unpaired) electrons. The fourth-order valence-corrected chi connectivity index (χ4v) is 1.99. The summed E-state index contributed by atoms with van der Waals surface area (Å²) in [5.41, 5.74) is 0.829. The molecule has 2 rings (SSSR count). The molecule has 0 unspecified atom stereocenters. The highest BCUT2D eigenvalue weighted by atomic mass is 16.6. The van der Waals surface area contributed by atoms with Gasteiger partial charge in [0.05, 0.1) is 12.0 Å². The molecular weight excluding hydrogens is 340 g/mol. The molecule has 2 aromatic rings. The van der Waals surface area contributed by atoms with Gasteiger partial charge >= 0.3 is 5.97 Å². The van der Waals surface area contributed by atoms with Gasteiger partial charge in [0.15, 0.2) is 6.61 Å². The van der Waals surface area contributed by atoms with Crippen LogP contribution >= 0.6 is 0 Å². The Morgan fingerprint density at radius 2 is 1.96 bits per heavy atom. The molecule has 0 aliphatic heterocycles. The number of ether oxygens (including phenoxy) is 2. The van der Waals surface area contributed by atoms with E-state index in [4.69, 9.17) is 9.47 Å². The number of anilines is 1. The average Bonchev–Trinajstić information content (AvgIpc) is 2.65. The van der Waals surface area contributed by atoms with E-state index in [0.29, 0.717) is 5.75 Å². The number of benzene rings is 2. The summed E-state index contributed by atoms with van der Waals surface area (Å²) in [6.45, 7) is -0.510. The first-order chi connectivity index (χ1) is 12.5. The monoisotopic (exact) mass is 356 g/mol. The van der Waals surface area contributed by atoms with Crippen LogP contribution in [0.1, 0.15) is 5.56 Å². The molecule has 134 valence electrons.